The fourth-order valence-corrected chi connectivity index (χ4v) is 3.60. The lowest BCUT2D eigenvalue weighted by atomic mass is 9.96. The molecule has 0 bridgehead atoms. The van der Waals surface area contributed by atoms with Crippen molar-refractivity contribution in [3.63, 3.8) is 0 Å². The first-order valence-corrected chi connectivity index (χ1v) is 9.99. The van der Waals surface area contributed by atoms with E-state index < -0.39 is 0 Å². The van der Waals surface area contributed by atoms with Gasteiger partial charge in [0.2, 0.25) is 5.89 Å². The van der Waals surface area contributed by atoms with Crippen LogP contribution in [0.4, 0.5) is 0 Å². The smallest absolute Gasteiger partial charge is 0.338 e. The van der Waals surface area contributed by atoms with E-state index >= 15 is 0 Å². The van der Waals surface area contributed by atoms with E-state index in [1.54, 1.807) is 12.1 Å². The number of hydrogen-bond acceptors (Lipinski definition) is 9. The number of pyridine rings is 1. The van der Waals surface area contributed by atoms with Crippen LogP contribution in [0.25, 0.3) is 11.6 Å². The van der Waals surface area contributed by atoms with Crippen molar-refractivity contribution in [2.45, 2.75) is 26.5 Å². The summed E-state index contributed by atoms with van der Waals surface area (Å²) in [5.74, 6) is 0.531. The standard InChI is InChI=1S/C22H22N6O3/c1-14-16(3-4-17-18(14)13-30-22(17)29)6-8-28(9-7-23)12-20-26-27-21(31-20)19-5-2-15(10-24)11-25-19/h2-5,11H,6-9,12-13,23H2,1H3. The average molecular weight is 418 g/mol. The van der Waals surface area contributed by atoms with Gasteiger partial charge in [-0.1, -0.05) is 6.07 Å². The average Bonchev–Trinajstić information content (AvgIpc) is 3.40. The lowest BCUT2D eigenvalue weighted by molar-refractivity contribution is 0.0535. The van der Waals surface area contributed by atoms with Crippen molar-refractivity contribution in [3.8, 4) is 17.7 Å². The molecule has 9 nitrogen and oxygen atoms in total. The van der Waals surface area contributed by atoms with Crippen molar-refractivity contribution in [1.29, 1.82) is 5.26 Å². The number of cyclic esters (lactones) is 1. The van der Waals surface area contributed by atoms with Crippen LogP contribution in [0.3, 0.4) is 0 Å². The number of nitrogens with zero attached hydrogens (tertiary/aromatic N) is 5. The van der Waals surface area contributed by atoms with Gasteiger partial charge in [0.05, 0.1) is 17.7 Å². The molecule has 0 spiro atoms. The van der Waals surface area contributed by atoms with Crippen molar-refractivity contribution in [1.82, 2.24) is 20.1 Å². The molecule has 31 heavy (non-hydrogen) atoms. The van der Waals surface area contributed by atoms with E-state index in [1.165, 1.54) is 11.8 Å². The number of nitriles is 1. The summed E-state index contributed by atoms with van der Waals surface area (Å²) < 4.78 is 10.9. The highest BCUT2D eigenvalue weighted by atomic mass is 16.5. The number of rotatable bonds is 8. The van der Waals surface area contributed by atoms with Gasteiger partial charge in [-0.05, 0) is 42.7 Å². The van der Waals surface area contributed by atoms with Crippen LogP contribution in [0.1, 0.15) is 38.5 Å². The predicted molar refractivity (Wildman–Crippen MR) is 111 cm³/mol. The second kappa shape index (κ2) is 9.04. The molecule has 0 fully saturated rings. The lowest BCUT2D eigenvalue weighted by Crippen LogP contribution is -2.31. The minimum Gasteiger partial charge on any atom is -0.457 e. The molecule has 0 saturated carbocycles. The summed E-state index contributed by atoms with van der Waals surface area (Å²) in [6.07, 6.45) is 2.27. The fourth-order valence-electron chi connectivity index (χ4n) is 3.60. The van der Waals surface area contributed by atoms with E-state index in [2.05, 4.69) is 20.1 Å². The van der Waals surface area contributed by atoms with Gasteiger partial charge in [-0.15, -0.1) is 10.2 Å². The fraction of sp³-hybridized carbons (Fsp3) is 0.318. The number of carbonyl (C=O) groups is 1. The summed E-state index contributed by atoms with van der Waals surface area (Å²) >= 11 is 0. The molecule has 0 saturated heterocycles. The topological polar surface area (TPSA) is 131 Å². The second-order valence-electron chi connectivity index (χ2n) is 7.31. The Morgan fingerprint density at radius 3 is 2.84 bits per heavy atom. The molecule has 0 aliphatic carbocycles. The summed E-state index contributed by atoms with van der Waals surface area (Å²) in [7, 11) is 0. The van der Waals surface area contributed by atoms with E-state index in [0.717, 1.165) is 24.1 Å². The van der Waals surface area contributed by atoms with Crippen molar-refractivity contribution >= 4 is 5.97 Å². The van der Waals surface area contributed by atoms with Crippen LogP contribution in [-0.2, 0) is 24.3 Å². The van der Waals surface area contributed by atoms with Crippen LogP contribution >= 0.6 is 0 Å². The Balaban J connectivity index is 1.42. The van der Waals surface area contributed by atoms with Crippen LogP contribution in [0.15, 0.2) is 34.9 Å². The Hall–Kier alpha value is -3.61. The van der Waals surface area contributed by atoms with E-state index in [1.807, 2.05) is 25.1 Å². The van der Waals surface area contributed by atoms with Crippen molar-refractivity contribution in [2.24, 2.45) is 5.73 Å². The van der Waals surface area contributed by atoms with Gasteiger partial charge in [0.1, 0.15) is 18.4 Å². The molecular formula is C22H22N6O3. The van der Waals surface area contributed by atoms with Crippen LogP contribution in [0.5, 0.6) is 0 Å². The Bertz CT molecular complexity index is 1130. The SMILES string of the molecule is Cc1c(CCN(CCN)Cc2nnc(-c3ccc(C#N)cn3)o2)ccc2c1COC2=O. The Morgan fingerprint density at radius 2 is 2.10 bits per heavy atom. The number of esters is 1. The molecule has 3 heterocycles. The molecule has 9 heteroatoms. The van der Waals surface area contributed by atoms with Gasteiger partial charge < -0.3 is 14.9 Å². The molecule has 158 valence electrons. The van der Waals surface area contributed by atoms with Gasteiger partial charge in [0.15, 0.2) is 0 Å². The summed E-state index contributed by atoms with van der Waals surface area (Å²) in [5.41, 5.74) is 10.7. The third-order valence-electron chi connectivity index (χ3n) is 5.36. The molecule has 4 rings (SSSR count). The van der Waals surface area contributed by atoms with Gasteiger partial charge >= 0.3 is 5.97 Å². The number of hydrogen-bond donors (Lipinski definition) is 1. The highest BCUT2D eigenvalue weighted by Gasteiger charge is 2.24. The van der Waals surface area contributed by atoms with E-state index in [4.69, 9.17) is 20.1 Å². The third-order valence-corrected chi connectivity index (χ3v) is 5.36. The van der Waals surface area contributed by atoms with Crippen molar-refractivity contribution in [2.75, 3.05) is 19.6 Å². The summed E-state index contributed by atoms with van der Waals surface area (Å²) in [4.78, 5) is 18.1. The minimum atomic E-state index is -0.252. The molecule has 0 radical (unpaired) electrons. The zero-order valence-corrected chi connectivity index (χ0v) is 17.2. The number of ether oxygens (including phenoxy) is 1. The van der Waals surface area contributed by atoms with Crippen molar-refractivity contribution in [3.05, 3.63) is 64.2 Å². The molecule has 0 unspecified atom stereocenters. The largest absolute Gasteiger partial charge is 0.457 e. The summed E-state index contributed by atoms with van der Waals surface area (Å²) in [6.45, 7) is 4.76. The first-order valence-electron chi connectivity index (χ1n) is 9.99. The monoisotopic (exact) mass is 418 g/mol. The molecule has 2 aromatic heterocycles. The van der Waals surface area contributed by atoms with E-state index in [0.29, 0.717) is 54.8 Å². The number of fused-ring (bicyclic) bond motifs is 1. The van der Waals surface area contributed by atoms with Gasteiger partial charge in [0, 0.05) is 31.4 Å². The van der Waals surface area contributed by atoms with Gasteiger partial charge in [-0.3, -0.25) is 4.90 Å². The first-order chi connectivity index (χ1) is 15.1. The lowest BCUT2D eigenvalue weighted by Gasteiger charge is -2.20. The highest BCUT2D eigenvalue weighted by molar-refractivity contribution is 5.93. The first kappa shape index (κ1) is 20.7. The van der Waals surface area contributed by atoms with Gasteiger partial charge in [-0.25, -0.2) is 9.78 Å². The number of benzene rings is 1. The van der Waals surface area contributed by atoms with E-state index in [9.17, 15) is 4.79 Å². The molecule has 3 aromatic rings. The molecular weight excluding hydrogens is 396 g/mol. The van der Waals surface area contributed by atoms with Gasteiger partial charge in [-0.2, -0.15) is 5.26 Å². The zero-order valence-electron chi connectivity index (χ0n) is 17.2. The quantitative estimate of drug-likeness (QED) is 0.545. The third kappa shape index (κ3) is 4.45. The molecule has 0 atom stereocenters. The molecule has 1 aliphatic heterocycles. The zero-order chi connectivity index (χ0) is 21.8. The number of aromatic nitrogens is 3. The molecule has 1 aliphatic rings. The molecule has 0 amide bonds. The normalized spacial score (nSPS) is 12.6. The van der Waals surface area contributed by atoms with E-state index in [-0.39, 0.29) is 5.97 Å². The highest BCUT2D eigenvalue weighted by Crippen LogP contribution is 2.26. The Morgan fingerprint density at radius 1 is 1.23 bits per heavy atom. The predicted octanol–water partition coefficient (Wildman–Crippen LogP) is 1.99. The Kier molecular flexibility index (Phi) is 6.02. The van der Waals surface area contributed by atoms with Crippen LogP contribution in [-0.4, -0.2) is 45.7 Å². The maximum absolute atomic E-state index is 11.7. The van der Waals surface area contributed by atoms with Crippen LogP contribution < -0.4 is 5.73 Å². The Labute approximate surface area is 179 Å². The maximum atomic E-state index is 11.7. The van der Waals surface area contributed by atoms with Crippen molar-refractivity contribution < 1.29 is 13.9 Å². The van der Waals surface area contributed by atoms with Gasteiger partial charge in [0.25, 0.3) is 5.89 Å². The maximum Gasteiger partial charge on any atom is 0.338 e. The van der Waals surface area contributed by atoms with Crippen LogP contribution in [0, 0.1) is 18.3 Å². The second-order valence-corrected chi connectivity index (χ2v) is 7.31. The minimum absolute atomic E-state index is 0.252. The van der Waals surface area contributed by atoms with Crippen LogP contribution in [0.2, 0.25) is 0 Å². The molecule has 2 N–H and O–H groups in total. The molecule has 1 aromatic carbocycles. The number of carbonyl (C=O) groups excluding carboxylic acids is 1. The summed E-state index contributed by atoms with van der Waals surface area (Å²) in [5, 5.41) is 17.1. The summed E-state index contributed by atoms with van der Waals surface area (Å²) in [6, 6.07) is 9.19. The number of nitrogens with two attached hydrogens (primary N) is 1.